The molecule has 0 saturated heterocycles. The summed E-state index contributed by atoms with van der Waals surface area (Å²) < 4.78 is 5.83. The van der Waals surface area contributed by atoms with Crippen LogP contribution >= 0.6 is 0 Å². The maximum Gasteiger partial charge on any atom is 0.122 e. The second-order valence-electron chi connectivity index (χ2n) is 4.41. The zero-order valence-corrected chi connectivity index (χ0v) is 10.1. The van der Waals surface area contributed by atoms with E-state index in [9.17, 15) is 0 Å². The Hall–Kier alpha value is -1.02. The Labute approximate surface area is 92.4 Å². The van der Waals surface area contributed by atoms with Crippen LogP contribution in [0.1, 0.15) is 31.4 Å². The molecule has 0 fully saturated rings. The van der Waals surface area contributed by atoms with Gasteiger partial charge in [0.05, 0.1) is 6.10 Å². The quantitative estimate of drug-likeness (QED) is 0.824. The van der Waals surface area contributed by atoms with Crippen molar-refractivity contribution in [2.24, 2.45) is 5.73 Å². The van der Waals surface area contributed by atoms with Crippen LogP contribution in [-0.4, -0.2) is 12.1 Å². The lowest BCUT2D eigenvalue weighted by atomic mass is 10.1. The van der Waals surface area contributed by atoms with E-state index in [-0.39, 0.29) is 12.1 Å². The van der Waals surface area contributed by atoms with Crippen molar-refractivity contribution in [1.82, 2.24) is 0 Å². The summed E-state index contributed by atoms with van der Waals surface area (Å²) in [7, 11) is 0. The molecule has 0 aliphatic carbocycles. The maximum atomic E-state index is 5.83. The minimum atomic E-state index is 0.173. The molecule has 2 atom stereocenters. The van der Waals surface area contributed by atoms with Crippen LogP contribution in [-0.2, 0) is 0 Å². The van der Waals surface area contributed by atoms with Crippen molar-refractivity contribution in [1.29, 1.82) is 0 Å². The Balaban J connectivity index is 2.64. The average Bonchev–Trinajstić information content (AvgIpc) is 2.08. The van der Waals surface area contributed by atoms with Gasteiger partial charge in [0.2, 0.25) is 0 Å². The van der Waals surface area contributed by atoms with E-state index in [2.05, 4.69) is 32.9 Å². The third kappa shape index (κ3) is 3.92. The van der Waals surface area contributed by atoms with Gasteiger partial charge in [-0.05, 0) is 45.7 Å². The molecule has 0 bridgehead atoms. The van der Waals surface area contributed by atoms with Crippen LogP contribution in [0.25, 0.3) is 0 Å². The van der Waals surface area contributed by atoms with Crippen molar-refractivity contribution >= 4 is 0 Å². The van der Waals surface area contributed by atoms with Crippen LogP contribution in [0.15, 0.2) is 18.2 Å². The molecular formula is C13H21NO. The first-order chi connectivity index (χ1) is 6.99. The summed E-state index contributed by atoms with van der Waals surface area (Å²) in [5.41, 5.74) is 8.18. The zero-order valence-electron chi connectivity index (χ0n) is 10.1. The van der Waals surface area contributed by atoms with Gasteiger partial charge in [-0.25, -0.2) is 0 Å². The molecule has 0 aliphatic rings. The molecule has 2 N–H and O–H groups in total. The van der Waals surface area contributed by atoms with Crippen LogP contribution in [0.2, 0.25) is 0 Å². The SMILES string of the molecule is Cc1ccc(OC(C)CC(C)N)c(C)c1. The Morgan fingerprint density at radius 3 is 2.47 bits per heavy atom. The first kappa shape index (κ1) is 12.1. The van der Waals surface area contributed by atoms with E-state index >= 15 is 0 Å². The molecule has 2 heteroatoms. The molecule has 2 unspecified atom stereocenters. The standard InChI is InChI=1S/C13H21NO/c1-9-5-6-13(10(2)7-9)15-12(4)8-11(3)14/h5-7,11-12H,8,14H2,1-4H3. The lowest BCUT2D eigenvalue weighted by Crippen LogP contribution is -2.24. The smallest absolute Gasteiger partial charge is 0.122 e. The Morgan fingerprint density at radius 1 is 1.27 bits per heavy atom. The highest BCUT2D eigenvalue weighted by molar-refractivity contribution is 5.35. The van der Waals surface area contributed by atoms with Crippen molar-refractivity contribution < 1.29 is 4.74 Å². The lowest BCUT2D eigenvalue weighted by molar-refractivity contribution is 0.202. The number of hydrogen-bond acceptors (Lipinski definition) is 2. The van der Waals surface area contributed by atoms with E-state index < -0.39 is 0 Å². The van der Waals surface area contributed by atoms with E-state index in [1.54, 1.807) is 0 Å². The van der Waals surface area contributed by atoms with Crippen LogP contribution < -0.4 is 10.5 Å². The van der Waals surface area contributed by atoms with Gasteiger partial charge in [0.15, 0.2) is 0 Å². The van der Waals surface area contributed by atoms with Gasteiger partial charge in [-0.1, -0.05) is 17.7 Å². The van der Waals surface area contributed by atoms with E-state index in [1.165, 1.54) is 11.1 Å². The fourth-order valence-electron chi connectivity index (χ4n) is 1.72. The van der Waals surface area contributed by atoms with E-state index in [1.807, 2.05) is 13.0 Å². The number of benzene rings is 1. The van der Waals surface area contributed by atoms with Crippen molar-refractivity contribution in [3.8, 4) is 5.75 Å². The number of rotatable bonds is 4. The molecule has 1 rings (SSSR count). The molecule has 0 radical (unpaired) electrons. The van der Waals surface area contributed by atoms with Gasteiger partial charge in [-0.15, -0.1) is 0 Å². The van der Waals surface area contributed by atoms with Crippen molar-refractivity contribution in [2.45, 2.75) is 46.3 Å². The molecule has 0 amide bonds. The van der Waals surface area contributed by atoms with Gasteiger partial charge in [0.1, 0.15) is 5.75 Å². The van der Waals surface area contributed by atoms with E-state index in [4.69, 9.17) is 10.5 Å². The van der Waals surface area contributed by atoms with E-state index in [0.717, 1.165) is 12.2 Å². The first-order valence-electron chi connectivity index (χ1n) is 5.48. The molecule has 2 nitrogen and oxygen atoms in total. The summed E-state index contributed by atoms with van der Waals surface area (Å²) in [4.78, 5) is 0. The zero-order chi connectivity index (χ0) is 11.4. The molecule has 1 aromatic rings. The number of hydrogen-bond donors (Lipinski definition) is 1. The van der Waals surface area contributed by atoms with Gasteiger partial charge < -0.3 is 10.5 Å². The third-order valence-electron chi connectivity index (χ3n) is 2.36. The predicted molar refractivity (Wildman–Crippen MR) is 64.3 cm³/mol. The summed E-state index contributed by atoms with van der Waals surface area (Å²) in [6.07, 6.45) is 1.05. The Kier molecular flexibility index (Phi) is 4.15. The second kappa shape index (κ2) is 5.17. The number of ether oxygens (including phenoxy) is 1. The van der Waals surface area contributed by atoms with Crippen molar-refractivity contribution in [2.75, 3.05) is 0 Å². The third-order valence-corrected chi connectivity index (χ3v) is 2.36. The number of nitrogens with two attached hydrogens (primary N) is 1. The predicted octanol–water partition coefficient (Wildman–Crippen LogP) is 2.81. The number of aryl methyl sites for hydroxylation is 2. The lowest BCUT2D eigenvalue weighted by Gasteiger charge is -2.18. The molecule has 84 valence electrons. The van der Waals surface area contributed by atoms with Crippen molar-refractivity contribution in [3.63, 3.8) is 0 Å². The monoisotopic (exact) mass is 207 g/mol. The van der Waals surface area contributed by atoms with Gasteiger partial charge in [0.25, 0.3) is 0 Å². The minimum absolute atomic E-state index is 0.173. The molecule has 0 aromatic heterocycles. The normalized spacial score (nSPS) is 14.7. The van der Waals surface area contributed by atoms with Crippen LogP contribution in [0.4, 0.5) is 0 Å². The van der Waals surface area contributed by atoms with Crippen molar-refractivity contribution in [3.05, 3.63) is 29.3 Å². The summed E-state index contributed by atoms with van der Waals surface area (Å²) in [5, 5.41) is 0. The molecule has 0 spiro atoms. The summed E-state index contributed by atoms with van der Waals surface area (Å²) in [5.74, 6) is 0.966. The molecule has 0 saturated carbocycles. The van der Waals surface area contributed by atoms with Gasteiger partial charge in [0, 0.05) is 6.04 Å². The topological polar surface area (TPSA) is 35.2 Å². The van der Waals surface area contributed by atoms with Gasteiger partial charge >= 0.3 is 0 Å². The Morgan fingerprint density at radius 2 is 1.93 bits per heavy atom. The second-order valence-corrected chi connectivity index (χ2v) is 4.41. The molecule has 15 heavy (non-hydrogen) atoms. The molecule has 0 heterocycles. The largest absolute Gasteiger partial charge is 0.490 e. The average molecular weight is 207 g/mol. The fraction of sp³-hybridized carbons (Fsp3) is 0.538. The van der Waals surface area contributed by atoms with Crippen LogP contribution in [0, 0.1) is 13.8 Å². The highest BCUT2D eigenvalue weighted by atomic mass is 16.5. The first-order valence-corrected chi connectivity index (χ1v) is 5.48. The fourth-order valence-corrected chi connectivity index (χ4v) is 1.72. The van der Waals surface area contributed by atoms with Gasteiger partial charge in [-0.3, -0.25) is 0 Å². The molecule has 0 aliphatic heterocycles. The van der Waals surface area contributed by atoms with Crippen LogP contribution in [0.5, 0.6) is 5.75 Å². The maximum absolute atomic E-state index is 5.83. The highest BCUT2D eigenvalue weighted by Gasteiger charge is 2.08. The highest BCUT2D eigenvalue weighted by Crippen LogP contribution is 2.20. The summed E-state index contributed by atoms with van der Waals surface area (Å²) in [6, 6.07) is 6.42. The molecular weight excluding hydrogens is 186 g/mol. The van der Waals surface area contributed by atoms with Crippen LogP contribution in [0.3, 0.4) is 0 Å². The minimum Gasteiger partial charge on any atom is -0.490 e. The summed E-state index contributed by atoms with van der Waals surface area (Å²) in [6.45, 7) is 8.22. The van der Waals surface area contributed by atoms with Gasteiger partial charge in [-0.2, -0.15) is 0 Å². The summed E-state index contributed by atoms with van der Waals surface area (Å²) >= 11 is 0. The molecule has 1 aromatic carbocycles. The van der Waals surface area contributed by atoms with E-state index in [0.29, 0.717) is 0 Å². The Bertz CT molecular complexity index is 320.